The van der Waals surface area contributed by atoms with Crippen LogP contribution in [0.15, 0.2) is 79.5 Å². The van der Waals surface area contributed by atoms with Crippen LogP contribution < -0.4 is 0 Å². The van der Waals surface area contributed by atoms with Gasteiger partial charge in [-0.2, -0.15) is 0 Å². The second-order valence-electron chi connectivity index (χ2n) is 10.0. The van der Waals surface area contributed by atoms with Gasteiger partial charge in [-0.3, -0.25) is 9.38 Å². The van der Waals surface area contributed by atoms with Crippen molar-refractivity contribution in [3.05, 3.63) is 90.8 Å². The minimum atomic E-state index is -0.0407. The minimum absolute atomic E-state index is 0.0407. The fourth-order valence-corrected chi connectivity index (χ4v) is 5.60. The molecule has 1 N–H and O–H groups in total. The van der Waals surface area contributed by atoms with Crippen molar-refractivity contribution >= 4 is 27.5 Å². The van der Waals surface area contributed by atoms with Gasteiger partial charge < -0.3 is 9.67 Å². The van der Waals surface area contributed by atoms with E-state index < -0.39 is 0 Å². The number of fused-ring (bicyclic) bond motifs is 3. The second-order valence-corrected chi connectivity index (χ2v) is 10.0. The maximum atomic E-state index is 10.6. The normalized spacial score (nSPS) is 16.9. The summed E-state index contributed by atoms with van der Waals surface area (Å²) in [4.78, 5) is 13.8. The highest BCUT2D eigenvalue weighted by Gasteiger charge is 2.48. The topological polar surface area (TPSA) is 68.2 Å². The van der Waals surface area contributed by atoms with Crippen molar-refractivity contribution in [3.63, 3.8) is 0 Å². The number of hydrogen-bond acceptors (Lipinski definition) is 4. The van der Waals surface area contributed by atoms with Crippen molar-refractivity contribution in [1.29, 1.82) is 0 Å². The zero-order valence-electron chi connectivity index (χ0n) is 19.1. The zero-order chi connectivity index (χ0) is 23.1. The fraction of sp³-hybridized carbons (Fsp3) is 0.207. The first kappa shape index (κ1) is 19.2. The Hall–Kier alpha value is -4.19. The summed E-state index contributed by atoms with van der Waals surface area (Å²) in [5.74, 6) is 1.09. The third kappa shape index (κ3) is 2.80. The van der Waals surface area contributed by atoms with Gasteiger partial charge in [0.05, 0.1) is 17.4 Å². The van der Waals surface area contributed by atoms with Gasteiger partial charge in [-0.25, -0.2) is 9.97 Å². The third-order valence-electron chi connectivity index (χ3n) is 7.85. The van der Waals surface area contributed by atoms with Crippen molar-refractivity contribution < 1.29 is 5.11 Å². The zero-order valence-corrected chi connectivity index (χ0v) is 19.1. The highest BCUT2D eigenvalue weighted by atomic mass is 16.3. The van der Waals surface area contributed by atoms with Crippen molar-refractivity contribution in [2.24, 2.45) is 0 Å². The molecule has 0 saturated heterocycles. The predicted molar refractivity (Wildman–Crippen MR) is 136 cm³/mol. The van der Waals surface area contributed by atoms with Crippen molar-refractivity contribution in [3.8, 4) is 17.0 Å². The Labute approximate surface area is 201 Å². The molecule has 4 heterocycles. The maximum absolute atomic E-state index is 10.6. The van der Waals surface area contributed by atoms with Crippen LogP contribution in [0.5, 0.6) is 5.88 Å². The largest absolute Gasteiger partial charge is 0.494 e. The number of imidazole rings is 1. The lowest BCUT2D eigenvalue weighted by Crippen LogP contribution is -2.12. The summed E-state index contributed by atoms with van der Waals surface area (Å²) in [7, 11) is 0. The van der Waals surface area contributed by atoms with Crippen LogP contribution in [0, 0.1) is 0 Å². The van der Waals surface area contributed by atoms with E-state index >= 15 is 0 Å². The number of nitrogens with zero attached hydrogens (tertiary/aromatic N) is 5. The van der Waals surface area contributed by atoms with E-state index in [1.165, 1.54) is 16.6 Å². The Bertz CT molecular complexity index is 1790. The number of benzene rings is 2. The van der Waals surface area contributed by atoms with E-state index in [1.807, 2.05) is 35.3 Å². The number of rotatable bonds is 4. The van der Waals surface area contributed by atoms with Crippen LogP contribution in [0.3, 0.4) is 0 Å². The molecule has 35 heavy (non-hydrogen) atoms. The molecule has 0 unspecified atom stereocenters. The van der Waals surface area contributed by atoms with Crippen LogP contribution in [-0.4, -0.2) is 29.0 Å². The molecule has 8 rings (SSSR count). The Morgan fingerprint density at radius 1 is 0.857 bits per heavy atom. The standard InChI is InChI=1S/C29H23N5O/c35-27-24-7-3-18(12-20(24)16-33(27)23-5-6-23)21-14-31-28-32-15-26(34(28)17-21)29(9-10-29)22-4-8-25-19(13-22)2-1-11-30-25/h1-4,7-8,11-17,23,35H,5-6,9-10H2. The van der Waals surface area contributed by atoms with E-state index in [9.17, 15) is 5.11 Å². The van der Waals surface area contributed by atoms with Gasteiger partial charge in [0.15, 0.2) is 5.88 Å². The molecule has 2 saturated carbocycles. The lowest BCUT2D eigenvalue weighted by molar-refractivity contribution is 0.424. The molecule has 2 fully saturated rings. The summed E-state index contributed by atoms with van der Waals surface area (Å²) in [6.07, 6.45) is 14.4. The molecular weight excluding hydrogens is 434 g/mol. The van der Waals surface area contributed by atoms with Crippen LogP contribution in [0.25, 0.3) is 38.6 Å². The Kier molecular flexibility index (Phi) is 3.66. The maximum Gasteiger partial charge on any atom is 0.233 e. The molecule has 2 aliphatic carbocycles. The van der Waals surface area contributed by atoms with Gasteiger partial charge in [-0.15, -0.1) is 0 Å². The molecule has 6 nitrogen and oxygen atoms in total. The fourth-order valence-electron chi connectivity index (χ4n) is 5.60. The number of hydrogen-bond donors (Lipinski definition) is 1. The van der Waals surface area contributed by atoms with Gasteiger partial charge in [0.2, 0.25) is 5.78 Å². The van der Waals surface area contributed by atoms with Crippen LogP contribution in [0.1, 0.15) is 43.0 Å². The van der Waals surface area contributed by atoms with Crippen LogP contribution >= 0.6 is 0 Å². The van der Waals surface area contributed by atoms with E-state index in [-0.39, 0.29) is 5.41 Å². The summed E-state index contributed by atoms with van der Waals surface area (Å²) in [5.41, 5.74) is 5.59. The molecular formula is C29H23N5O. The lowest BCUT2D eigenvalue weighted by atomic mass is 9.91. The van der Waals surface area contributed by atoms with Crippen LogP contribution in [0.2, 0.25) is 0 Å². The van der Waals surface area contributed by atoms with E-state index in [0.717, 1.165) is 58.9 Å². The average Bonchev–Trinajstić information content (AvgIpc) is 3.83. The first-order valence-electron chi connectivity index (χ1n) is 12.2. The molecule has 2 aliphatic rings. The lowest BCUT2D eigenvalue weighted by Gasteiger charge is -2.16. The molecule has 170 valence electrons. The van der Waals surface area contributed by atoms with Crippen LogP contribution in [-0.2, 0) is 5.41 Å². The second kappa shape index (κ2) is 6.69. The Morgan fingerprint density at radius 3 is 2.60 bits per heavy atom. The summed E-state index contributed by atoms with van der Waals surface area (Å²) < 4.78 is 4.17. The summed E-state index contributed by atoms with van der Waals surface area (Å²) in [5, 5.41) is 13.7. The van der Waals surface area contributed by atoms with Gasteiger partial charge in [0, 0.05) is 58.0 Å². The highest BCUT2D eigenvalue weighted by Crippen LogP contribution is 2.54. The molecule has 6 heteroatoms. The van der Waals surface area contributed by atoms with E-state index in [0.29, 0.717) is 11.9 Å². The van der Waals surface area contributed by atoms with Gasteiger partial charge in [0.1, 0.15) is 0 Å². The summed E-state index contributed by atoms with van der Waals surface area (Å²) in [6.45, 7) is 0. The van der Waals surface area contributed by atoms with Gasteiger partial charge >= 0.3 is 0 Å². The van der Waals surface area contributed by atoms with Crippen molar-refractivity contribution in [2.45, 2.75) is 37.1 Å². The van der Waals surface area contributed by atoms with Gasteiger partial charge in [-0.05, 0) is 67.1 Å². The van der Waals surface area contributed by atoms with E-state index in [4.69, 9.17) is 4.98 Å². The molecule has 0 amide bonds. The monoisotopic (exact) mass is 457 g/mol. The first-order valence-corrected chi connectivity index (χ1v) is 12.2. The highest BCUT2D eigenvalue weighted by molar-refractivity contribution is 5.91. The molecule has 0 radical (unpaired) electrons. The summed E-state index contributed by atoms with van der Waals surface area (Å²) in [6, 6.07) is 17.4. The Morgan fingerprint density at radius 2 is 1.74 bits per heavy atom. The van der Waals surface area contributed by atoms with Crippen molar-refractivity contribution in [2.75, 3.05) is 0 Å². The molecule has 2 aromatic carbocycles. The minimum Gasteiger partial charge on any atom is -0.494 e. The number of aromatic nitrogens is 5. The first-order chi connectivity index (χ1) is 17.2. The van der Waals surface area contributed by atoms with Crippen LogP contribution in [0.4, 0.5) is 0 Å². The predicted octanol–water partition coefficient (Wildman–Crippen LogP) is 6.02. The quantitative estimate of drug-likeness (QED) is 0.351. The van der Waals surface area contributed by atoms with E-state index in [1.54, 1.807) is 0 Å². The number of pyridine rings is 1. The smallest absolute Gasteiger partial charge is 0.233 e. The van der Waals surface area contributed by atoms with Gasteiger partial charge in [0.25, 0.3) is 0 Å². The Balaban J connectivity index is 1.24. The van der Waals surface area contributed by atoms with Gasteiger partial charge in [-0.1, -0.05) is 18.2 Å². The van der Waals surface area contributed by atoms with Crippen molar-refractivity contribution in [1.82, 2.24) is 23.9 Å². The third-order valence-corrected chi connectivity index (χ3v) is 7.85. The summed E-state index contributed by atoms with van der Waals surface area (Å²) >= 11 is 0. The SMILES string of the molecule is Oc1c2ccc(-c3cnc4ncc(C5(c6ccc7ncccc7c6)CC5)n4c3)cc2cn1C1CC1. The molecule has 0 bridgehead atoms. The molecule has 0 atom stereocenters. The molecule has 4 aromatic heterocycles. The molecule has 0 aliphatic heterocycles. The van der Waals surface area contributed by atoms with E-state index in [2.05, 4.69) is 63.2 Å². The molecule has 0 spiro atoms. The molecule has 6 aromatic rings. The number of aromatic hydroxyl groups is 1. The average molecular weight is 458 g/mol.